The fourth-order valence-corrected chi connectivity index (χ4v) is 5.88. The van der Waals surface area contributed by atoms with E-state index in [2.05, 4.69) is 10.6 Å². The number of nitrogens with one attached hydrogen (secondary N) is 2. The number of hydrogen-bond acceptors (Lipinski definition) is 4. The van der Waals surface area contributed by atoms with Crippen LogP contribution in [-0.4, -0.2) is 44.8 Å². The van der Waals surface area contributed by atoms with Gasteiger partial charge in [-0.25, -0.2) is 4.79 Å². The molecule has 2 amide bonds. The molecule has 1 heterocycles. The van der Waals surface area contributed by atoms with Crippen LogP contribution in [0.25, 0.3) is 0 Å². The minimum absolute atomic E-state index is 0.221. The van der Waals surface area contributed by atoms with Crippen LogP contribution in [0.4, 0.5) is 4.79 Å². The Kier molecular flexibility index (Phi) is 5.85. The van der Waals surface area contributed by atoms with Crippen LogP contribution in [0, 0.1) is 16.7 Å². The van der Waals surface area contributed by atoms with E-state index in [0.29, 0.717) is 6.54 Å². The summed E-state index contributed by atoms with van der Waals surface area (Å²) in [6, 6.07) is -0.489. The maximum Gasteiger partial charge on any atom is 0.320 e. The molecule has 24 heavy (non-hydrogen) atoms. The van der Waals surface area contributed by atoms with Gasteiger partial charge in [0, 0.05) is 12.5 Å². The van der Waals surface area contributed by atoms with E-state index >= 15 is 0 Å². The molecule has 1 fully saturated rings. The Bertz CT molecular complexity index is 533. The molecule has 1 saturated heterocycles. The van der Waals surface area contributed by atoms with Crippen molar-refractivity contribution in [1.82, 2.24) is 10.6 Å². The predicted molar refractivity (Wildman–Crippen MR) is 92.9 cm³/mol. The van der Waals surface area contributed by atoms with Crippen LogP contribution in [0.3, 0.4) is 0 Å². The van der Waals surface area contributed by atoms with Crippen molar-refractivity contribution in [1.29, 1.82) is 0 Å². The van der Waals surface area contributed by atoms with E-state index in [1.54, 1.807) is 41.5 Å². The Hall–Kier alpha value is -1.44. The van der Waals surface area contributed by atoms with Crippen molar-refractivity contribution in [2.75, 3.05) is 6.54 Å². The minimum Gasteiger partial charge on any atom is -0.481 e. The third-order valence-electron chi connectivity index (χ3n) is 5.17. The molecule has 1 aliphatic heterocycles. The maximum absolute atomic E-state index is 12.2. The smallest absolute Gasteiger partial charge is 0.320 e. The molecular weight excluding hydrogens is 332 g/mol. The van der Waals surface area contributed by atoms with Gasteiger partial charge in [0.1, 0.15) is 10.2 Å². The number of carbonyl (C=O) groups excluding carboxylic acids is 1. The summed E-state index contributed by atoms with van der Waals surface area (Å²) in [6.45, 7) is 10.9. The Balaban J connectivity index is 3.50. The quantitative estimate of drug-likeness (QED) is 0.598. The number of thioether (sulfide) groups is 1. The van der Waals surface area contributed by atoms with E-state index in [0.717, 1.165) is 11.8 Å². The molecule has 4 atom stereocenters. The molecule has 1 aliphatic rings. The molecule has 0 radical (unpaired) electrons. The Morgan fingerprint density at radius 3 is 2.00 bits per heavy atom. The zero-order chi connectivity index (χ0) is 18.9. The van der Waals surface area contributed by atoms with Crippen molar-refractivity contribution < 1.29 is 24.6 Å². The summed E-state index contributed by atoms with van der Waals surface area (Å²) in [7, 11) is 0. The molecule has 0 aromatic heterocycles. The van der Waals surface area contributed by atoms with Crippen molar-refractivity contribution >= 4 is 29.7 Å². The van der Waals surface area contributed by atoms with Crippen molar-refractivity contribution in [3.05, 3.63) is 0 Å². The van der Waals surface area contributed by atoms with Gasteiger partial charge in [-0.3, -0.25) is 9.59 Å². The fourth-order valence-electron chi connectivity index (χ4n) is 3.79. The molecule has 8 heteroatoms. The highest BCUT2D eigenvalue weighted by Crippen LogP contribution is 2.64. The summed E-state index contributed by atoms with van der Waals surface area (Å²) in [5, 5.41) is 24.4. The van der Waals surface area contributed by atoms with Gasteiger partial charge in [-0.1, -0.05) is 34.6 Å². The van der Waals surface area contributed by atoms with Crippen LogP contribution in [-0.2, 0) is 9.59 Å². The van der Waals surface area contributed by atoms with Crippen molar-refractivity contribution in [2.45, 2.75) is 58.1 Å². The molecule has 0 saturated carbocycles. The van der Waals surface area contributed by atoms with Crippen LogP contribution in [0.2, 0.25) is 0 Å². The number of carboxylic acid groups (broad SMARTS) is 2. The molecule has 0 aromatic rings. The van der Waals surface area contributed by atoms with Gasteiger partial charge in [0.2, 0.25) is 0 Å². The second-order valence-corrected chi connectivity index (χ2v) is 8.56. The van der Waals surface area contributed by atoms with Crippen LogP contribution in [0.1, 0.15) is 48.0 Å². The minimum atomic E-state index is -1.36. The van der Waals surface area contributed by atoms with E-state index < -0.39 is 44.8 Å². The topological polar surface area (TPSA) is 116 Å². The lowest BCUT2D eigenvalue weighted by Gasteiger charge is -2.43. The summed E-state index contributed by atoms with van der Waals surface area (Å²) < 4.78 is -1.33. The Morgan fingerprint density at radius 2 is 1.67 bits per heavy atom. The highest BCUT2D eigenvalue weighted by Gasteiger charge is 2.71. The lowest BCUT2D eigenvalue weighted by molar-refractivity contribution is -0.157. The standard InChI is InChI=1S/C16H28N2O5S/c1-7-15(11(19)20)9(3)16(12(21)22,14(4,5)6)24-10(15)18-13(23)17-8-2/h9-10H,7-8H2,1-6H3,(H,19,20)(H,21,22)(H2,17,18,23). The number of carbonyl (C=O) groups is 3. The number of carboxylic acids is 2. The third kappa shape index (κ3) is 2.85. The Morgan fingerprint density at radius 1 is 1.12 bits per heavy atom. The van der Waals surface area contributed by atoms with Gasteiger partial charge in [-0.05, 0) is 18.8 Å². The van der Waals surface area contributed by atoms with Gasteiger partial charge in [-0.15, -0.1) is 11.8 Å². The summed E-state index contributed by atoms with van der Waals surface area (Å²) >= 11 is 1.04. The summed E-state index contributed by atoms with van der Waals surface area (Å²) in [5.41, 5.74) is -2.06. The largest absolute Gasteiger partial charge is 0.481 e. The normalized spacial score (nSPS) is 33.1. The summed E-state index contributed by atoms with van der Waals surface area (Å²) in [6.07, 6.45) is 0.221. The molecule has 4 unspecified atom stereocenters. The summed E-state index contributed by atoms with van der Waals surface area (Å²) in [5.74, 6) is -2.81. The van der Waals surface area contributed by atoms with Crippen molar-refractivity contribution in [3.63, 3.8) is 0 Å². The number of rotatable bonds is 5. The first-order chi connectivity index (χ1) is 10.9. The van der Waals surface area contributed by atoms with Crippen LogP contribution in [0.5, 0.6) is 0 Å². The molecule has 1 rings (SSSR count). The van der Waals surface area contributed by atoms with Gasteiger partial charge in [0.05, 0.1) is 5.37 Å². The van der Waals surface area contributed by atoms with Gasteiger partial charge < -0.3 is 20.8 Å². The second-order valence-electron chi connectivity index (χ2n) is 7.21. The van der Waals surface area contributed by atoms with Crippen LogP contribution < -0.4 is 10.6 Å². The molecule has 0 aliphatic carbocycles. The number of aliphatic carboxylic acids is 2. The zero-order valence-electron chi connectivity index (χ0n) is 15.1. The molecule has 0 aromatic carbocycles. The molecule has 138 valence electrons. The number of urea groups is 1. The van der Waals surface area contributed by atoms with Crippen LogP contribution in [0.15, 0.2) is 0 Å². The summed E-state index contributed by atoms with van der Waals surface area (Å²) in [4.78, 5) is 36.4. The highest BCUT2D eigenvalue weighted by molar-refractivity contribution is 8.02. The first-order valence-corrected chi connectivity index (χ1v) is 8.98. The predicted octanol–water partition coefficient (Wildman–Crippen LogP) is 2.36. The van der Waals surface area contributed by atoms with E-state index in [4.69, 9.17) is 0 Å². The monoisotopic (exact) mass is 360 g/mol. The van der Waals surface area contributed by atoms with Gasteiger partial charge in [-0.2, -0.15) is 0 Å². The van der Waals surface area contributed by atoms with E-state index in [1.807, 2.05) is 0 Å². The second kappa shape index (κ2) is 6.82. The SMILES string of the molecule is CCNC(=O)NC1SC(C(=O)O)(C(C)(C)C)C(C)C1(CC)C(=O)O. The molecule has 4 N–H and O–H groups in total. The molecule has 0 spiro atoms. The van der Waals surface area contributed by atoms with Gasteiger partial charge >= 0.3 is 18.0 Å². The van der Waals surface area contributed by atoms with Gasteiger partial charge in [0.15, 0.2) is 0 Å². The first kappa shape index (κ1) is 20.6. The molecule has 0 bridgehead atoms. The van der Waals surface area contributed by atoms with Gasteiger partial charge in [0.25, 0.3) is 0 Å². The maximum atomic E-state index is 12.2. The first-order valence-electron chi connectivity index (χ1n) is 8.10. The lowest BCUT2D eigenvalue weighted by atomic mass is 9.61. The van der Waals surface area contributed by atoms with Crippen LogP contribution >= 0.6 is 11.8 Å². The number of hydrogen-bond donors (Lipinski definition) is 4. The lowest BCUT2D eigenvalue weighted by Crippen LogP contribution is -2.55. The fraction of sp³-hybridized carbons (Fsp3) is 0.812. The van der Waals surface area contributed by atoms with Crippen molar-refractivity contribution in [2.24, 2.45) is 16.7 Å². The van der Waals surface area contributed by atoms with E-state index in [9.17, 15) is 24.6 Å². The van der Waals surface area contributed by atoms with E-state index in [-0.39, 0.29) is 6.42 Å². The molecular formula is C16H28N2O5S. The average Bonchev–Trinajstić information content (AvgIpc) is 2.69. The molecule has 7 nitrogen and oxygen atoms in total. The average molecular weight is 360 g/mol. The highest BCUT2D eigenvalue weighted by atomic mass is 32.2. The number of amides is 2. The Labute approximate surface area is 147 Å². The van der Waals surface area contributed by atoms with E-state index in [1.165, 1.54) is 0 Å². The van der Waals surface area contributed by atoms with Crippen molar-refractivity contribution in [3.8, 4) is 0 Å². The zero-order valence-corrected chi connectivity index (χ0v) is 15.9. The third-order valence-corrected chi connectivity index (χ3v) is 7.46.